The Morgan fingerprint density at radius 1 is 0.870 bits per heavy atom. The molecule has 0 spiro atoms. The Morgan fingerprint density at radius 3 is 1.78 bits per heavy atom. The maximum Gasteiger partial charge on any atom is 0.236 e. The molecule has 0 aromatic rings. The van der Waals surface area contributed by atoms with Crippen molar-refractivity contribution < 1.29 is 9.59 Å². The highest BCUT2D eigenvalue weighted by molar-refractivity contribution is 5.78. The van der Waals surface area contributed by atoms with E-state index in [-0.39, 0.29) is 11.8 Å². The van der Waals surface area contributed by atoms with Crippen molar-refractivity contribution in [2.24, 2.45) is 0 Å². The van der Waals surface area contributed by atoms with Gasteiger partial charge in [0.15, 0.2) is 0 Å². The van der Waals surface area contributed by atoms with Crippen LogP contribution in [-0.4, -0.2) is 96.4 Å². The molecule has 0 aromatic carbocycles. The van der Waals surface area contributed by atoms with E-state index in [0.717, 1.165) is 45.8 Å². The standard InChI is InChI=1S/C17H34N4O2/c1-6-19(7-2)16(22)13-18-10-11-21(15(5)12-18)14-17(23)20(8-3)9-4/h15H,6-14H2,1-5H3. The summed E-state index contributed by atoms with van der Waals surface area (Å²) in [5, 5.41) is 0. The highest BCUT2D eigenvalue weighted by Crippen LogP contribution is 2.10. The lowest BCUT2D eigenvalue weighted by Crippen LogP contribution is -2.56. The molecule has 0 N–H and O–H groups in total. The van der Waals surface area contributed by atoms with Gasteiger partial charge in [-0.25, -0.2) is 0 Å². The largest absolute Gasteiger partial charge is 0.342 e. The summed E-state index contributed by atoms with van der Waals surface area (Å²) in [7, 11) is 0. The molecule has 0 saturated carbocycles. The molecular formula is C17H34N4O2. The SMILES string of the molecule is CCN(CC)C(=O)CN1CCN(CC(=O)N(CC)CC)C(C)C1. The summed E-state index contributed by atoms with van der Waals surface area (Å²) in [6, 6.07) is 0.299. The number of hydrogen-bond donors (Lipinski definition) is 0. The summed E-state index contributed by atoms with van der Waals surface area (Å²) in [5.41, 5.74) is 0. The van der Waals surface area contributed by atoms with Crippen LogP contribution in [0.15, 0.2) is 0 Å². The van der Waals surface area contributed by atoms with E-state index < -0.39 is 0 Å². The minimum atomic E-state index is 0.203. The molecule has 2 amide bonds. The van der Waals surface area contributed by atoms with E-state index in [9.17, 15) is 9.59 Å². The monoisotopic (exact) mass is 326 g/mol. The zero-order valence-corrected chi connectivity index (χ0v) is 15.5. The van der Waals surface area contributed by atoms with Crippen molar-refractivity contribution in [1.82, 2.24) is 19.6 Å². The van der Waals surface area contributed by atoms with Crippen molar-refractivity contribution >= 4 is 11.8 Å². The van der Waals surface area contributed by atoms with Crippen LogP contribution in [0.5, 0.6) is 0 Å². The fourth-order valence-corrected chi connectivity index (χ4v) is 3.17. The lowest BCUT2D eigenvalue weighted by Gasteiger charge is -2.40. The Bertz CT molecular complexity index is 381. The third-order valence-corrected chi connectivity index (χ3v) is 4.78. The van der Waals surface area contributed by atoms with Gasteiger partial charge in [0.1, 0.15) is 0 Å². The summed E-state index contributed by atoms with van der Waals surface area (Å²) in [6.07, 6.45) is 0. The van der Waals surface area contributed by atoms with Gasteiger partial charge in [-0.15, -0.1) is 0 Å². The zero-order chi connectivity index (χ0) is 17.4. The third-order valence-electron chi connectivity index (χ3n) is 4.78. The molecule has 134 valence electrons. The Labute approximate surface area is 141 Å². The Balaban J connectivity index is 2.47. The Morgan fingerprint density at radius 2 is 1.35 bits per heavy atom. The highest BCUT2D eigenvalue weighted by Gasteiger charge is 2.27. The van der Waals surface area contributed by atoms with Crippen molar-refractivity contribution in [2.45, 2.75) is 40.7 Å². The third kappa shape index (κ3) is 5.77. The first-order chi connectivity index (χ1) is 11.0. The zero-order valence-electron chi connectivity index (χ0n) is 15.5. The van der Waals surface area contributed by atoms with Crippen LogP contribution in [0.4, 0.5) is 0 Å². The predicted molar refractivity (Wildman–Crippen MR) is 93.3 cm³/mol. The molecule has 1 fully saturated rings. The van der Waals surface area contributed by atoms with Gasteiger partial charge < -0.3 is 9.80 Å². The van der Waals surface area contributed by atoms with Crippen LogP contribution in [0.3, 0.4) is 0 Å². The lowest BCUT2D eigenvalue weighted by atomic mass is 10.2. The van der Waals surface area contributed by atoms with Gasteiger partial charge in [-0.3, -0.25) is 19.4 Å². The first kappa shape index (κ1) is 19.9. The highest BCUT2D eigenvalue weighted by atomic mass is 16.2. The van der Waals surface area contributed by atoms with E-state index in [1.165, 1.54) is 0 Å². The molecule has 6 nitrogen and oxygen atoms in total. The summed E-state index contributed by atoms with van der Waals surface area (Å²) >= 11 is 0. The molecule has 1 aliphatic heterocycles. The molecule has 1 rings (SSSR count). The normalized spacial score (nSPS) is 19.6. The van der Waals surface area contributed by atoms with Crippen molar-refractivity contribution in [3.63, 3.8) is 0 Å². The van der Waals surface area contributed by atoms with Crippen molar-refractivity contribution in [3.05, 3.63) is 0 Å². The Hall–Kier alpha value is -1.14. The first-order valence-electron chi connectivity index (χ1n) is 8.98. The van der Waals surface area contributed by atoms with Crippen LogP contribution < -0.4 is 0 Å². The summed E-state index contributed by atoms with van der Waals surface area (Å²) in [4.78, 5) is 32.7. The van der Waals surface area contributed by atoms with Crippen molar-refractivity contribution in [1.29, 1.82) is 0 Å². The molecule has 1 saturated heterocycles. The molecule has 1 unspecified atom stereocenters. The maximum atomic E-state index is 12.3. The van der Waals surface area contributed by atoms with Crippen LogP contribution in [0.2, 0.25) is 0 Å². The van der Waals surface area contributed by atoms with E-state index >= 15 is 0 Å². The quantitative estimate of drug-likeness (QED) is 0.660. The molecule has 23 heavy (non-hydrogen) atoms. The van der Waals surface area contributed by atoms with Gasteiger partial charge in [-0.05, 0) is 34.6 Å². The molecule has 6 heteroatoms. The molecule has 0 bridgehead atoms. The maximum absolute atomic E-state index is 12.3. The fourth-order valence-electron chi connectivity index (χ4n) is 3.17. The fraction of sp³-hybridized carbons (Fsp3) is 0.882. The molecular weight excluding hydrogens is 292 g/mol. The van der Waals surface area contributed by atoms with Crippen LogP contribution in [-0.2, 0) is 9.59 Å². The van der Waals surface area contributed by atoms with Gasteiger partial charge in [0.2, 0.25) is 11.8 Å². The van der Waals surface area contributed by atoms with Crippen LogP contribution in [0, 0.1) is 0 Å². The van der Waals surface area contributed by atoms with Gasteiger partial charge in [0.25, 0.3) is 0 Å². The van der Waals surface area contributed by atoms with Gasteiger partial charge in [-0.2, -0.15) is 0 Å². The summed E-state index contributed by atoms with van der Waals surface area (Å²) < 4.78 is 0. The Kier molecular flexibility index (Phi) is 8.55. The lowest BCUT2D eigenvalue weighted by molar-refractivity contribution is -0.135. The average molecular weight is 326 g/mol. The number of nitrogens with zero attached hydrogens (tertiary/aromatic N) is 4. The predicted octanol–water partition coefficient (Wildman–Crippen LogP) is 0.729. The smallest absolute Gasteiger partial charge is 0.236 e. The number of likely N-dealkylation sites (N-methyl/N-ethyl adjacent to an activating group) is 2. The van der Waals surface area contributed by atoms with Crippen LogP contribution >= 0.6 is 0 Å². The van der Waals surface area contributed by atoms with Gasteiger partial charge in [0, 0.05) is 51.9 Å². The molecule has 0 aromatic heterocycles. The number of piperazine rings is 1. The molecule has 1 aliphatic rings. The molecule has 1 heterocycles. The first-order valence-corrected chi connectivity index (χ1v) is 8.98. The van der Waals surface area contributed by atoms with E-state index in [1.807, 2.05) is 37.5 Å². The number of amides is 2. The van der Waals surface area contributed by atoms with Gasteiger partial charge >= 0.3 is 0 Å². The minimum Gasteiger partial charge on any atom is -0.342 e. The summed E-state index contributed by atoms with van der Waals surface area (Å²) in [5.74, 6) is 0.407. The topological polar surface area (TPSA) is 47.1 Å². The number of carbonyl (C=O) groups is 2. The van der Waals surface area contributed by atoms with Crippen molar-refractivity contribution in [3.8, 4) is 0 Å². The second-order valence-corrected chi connectivity index (χ2v) is 6.19. The average Bonchev–Trinajstić information content (AvgIpc) is 2.52. The van der Waals surface area contributed by atoms with E-state index in [1.54, 1.807) is 0 Å². The van der Waals surface area contributed by atoms with Gasteiger partial charge in [0.05, 0.1) is 13.1 Å². The number of hydrogen-bond acceptors (Lipinski definition) is 4. The van der Waals surface area contributed by atoms with E-state index in [0.29, 0.717) is 19.1 Å². The van der Waals surface area contributed by atoms with Crippen molar-refractivity contribution in [2.75, 3.05) is 58.9 Å². The van der Waals surface area contributed by atoms with Crippen LogP contribution in [0.25, 0.3) is 0 Å². The molecule has 0 aliphatic carbocycles. The second-order valence-electron chi connectivity index (χ2n) is 6.19. The van der Waals surface area contributed by atoms with Crippen LogP contribution in [0.1, 0.15) is 34.6 Å². The van der Waals surface area contributed by atoms with Gasteiger partial charge in [-0.1, -0.05) is 0 Å². The molecule has 1 atom stereocenters. The minimum absolute atomic E-state index is 0.203. The van der Waals surface area contributed by atoms with E-state index in [4.69, 9.17) is 0 Å². The number of carbonyl (C=O) groups excluding carboxylic acids is 2. The summed E-state index contributed by atoms with van der Waals surface area (Å²) in [6.45, 7) is 16.8. The number of rotatable bonds is 8. The molecule has 0 radical (unpaired) electrons. The second kappa shape index (κ2) is 9.88. The van der Waals surface area contributed by atoms with E-state index in [2.05, 4.69) is 16.7 Å².